The standard InChI is InChI=1S/C10H11BrN2O/c11-8-1-3-9(4-2-8)13-7-10(14)5-6-12/h1-4,10,13-14H,5,7H2. The number of aliphatic hydroxyl groups is 1. The molecule has 0 fully saturated rings. The predicted molar refractivity (Wildman–Crippen MR) is 58.9 cm³/mol. The highest BCUT2D eigenvalue weighted by molar-refractivity contribution is 9.10. The highest BCUT2D eigenvalue weighted by atomic mass is 79.9. The topological polar surface area (TPSA) is 56.0 Å². The van der Waals surface area contributed by atoms with Crippen molar-refractivity contribution in [3.8, 4) is 6.07 Å². The van der Waals surface area contributed by atoms with Gasteiger partial charge in [-0.15, -0.1) is 0 Å². The van der Waals surface area contributed by atoms with Crippen LogP contribution in [-0.2, 0) is 0 Å². The van der Waals surface area contributed by atoms with Gasteiger partial charge in [-0.3, -0.25) is 0 Å². The quantitative estimate of drug-likeness (QED) is 0.866. The third-order valence-electron chi connectivity index (χ3n) is 1.71. The zero-order valence-electron chi connectivity index (χ0n) is 7.57. The second-order valence-corrected chi connectivity index (χ2v) is 3.82. The van der Waals surface area contributed by atoms with E-state index in [1.165, 1.54) is 0 Å². The van der Waals surface area contributed by atoms with E-state index < -0.39 is 6.10 Å². The number of hydrogen-bond acceptors (Lipinski definition) is 3. The molecule has 1 atom stereocenters. The highest BCUT2D eigenvalue weighted by Gasteiger charge is 2.01. The molecule has 1 aromatic rings. The van der Waals surface area contributed by atoms with E-state index in [1.807, 2.05) is 30.3 Å². The Bertz CT molecular complexity index is 318. The molecule has 0 spiro atoms. The number of anilines is 1. The van der Waals surface area contributed by atoms with Crippen molar-refractivity contribution >= 4 is 21.6 Å². The Kier molecular flexibility index (Phi) is 4.44. The van der Waals surface area contributed by atoms with Crippen molar-refractivity contribution in [2.24, 2.45) is 0 Å². The molecule has 0 aliphatic heterocycles. The zero-order chi connectivity index (χ0) is 10.4. The van der Waals surface area contributed by atoms with E-state index in [2.05, 4.69) is 21.2 Å². The van der Waals surface area contributed by atoms with Gasteiger partial charge in [-0.2, -0.15) is 5.26 Å². The normalized spacial score (nSPS) is 11.8. The summed E-state index contributed by atoms with van der Waals surface area (Å²) in [5.74, 6) is 0. The first-order chi connectivity index (χ1) is 6.72. The first kappa shape index (κ1) is 11.0. The molecule has 0 saturated heterocycles. The van der Waals surface area contributed by atoms with Crippen LogP contribution in [0.5, 0.6) is 0 Å². The maximum Gasteiger partial charge on any atom is 0.0842 e. The van der Waals surface area contributed by atoms with Gasteiger partial charge in [0.05, 0.1) is 18.6 Å². The van der Waals surface area contributed by atoms with E-state index in [1.54, 1.807) is 0 Å². The molecule has 0 aliphatic rings. The van der Waals surface area contributed by atoms with Crippen molar-refractivity contribution in [3.63, 3.8) is 0 Å². The second kappa shape index (κ2) is 5.63. The fourth-order valence-electron chi connectivity index (χ4n) is 0.981. The third-order valence-corrected chi connectivity index (χ3v) is 2.24. The first-order valence-electron chi connectivity index (χ1n) is 4.27. The molecule has 0 amide bonds. The van der Waals surface area contributed by atoms with Crippen LogP contribution in [-0.4, -0.2) is 17.8 Å². The van der Waals surface area contributed by atoms with Crippen LogP contribution in [0.25, 0.3) is 0 Å². The highest BCUT2D eigenvalue weighted by Crippen LogP contribution is 2.13. The molecule has 74 valence electrons. The zero-order valence-corrected chi connectivity index (χ0v) is 9.16. The van der Waals surface area contributed by atoms with Crippen LogP contribution in [0.3, 0.4) is 0 Å². The van der Waals surface area contributed by atoms with Crippen molar-refractivity contribution in [1.29, 1.82) is 5.26 Å². The van der Waals surface area contributed by atoms with E-state index in [9.17, 15) is 5.11 Å². The van der Waals surface area contributed by atoms with Gasteiger partial charge in [0.2, 0.25) is 0 Å². The van der Waals surface area contributed by atoms with Crippen LogP contribution in [0.1, 0.15) is 6.42 Å². The Hall–Kier alpha value is -1.05. The number of hydrogen-bond donors (Lipinski definition) is 2. The van der Waals surface area contributed by atoms with E-state index >= 15 is 0 Å². The van der Waals surface area contributed by atoms with Gasteiger partial charge in [0.25, 0.3) is 0 Å². The van der Waals surface area contributed by atoms with Gasteiger partial charge in [0.1, 0.15) is 0 Å². The Morgan fingerprint density at radius 1 is 1.43 bits per heavy atom. The van der Waals surface area contributed by atoms with Gasteiger partial charge in [-0.05, 0) is 24.3 Å². The molecule has 2 N–H and O–H groups in total. The van der Waals surface area contributed by atoms with Gasteiger partial charge < -0.3 is 10.4 Å². The smallest absolute Gasteiger partial charge is 0.0842 e. The molecule has 0 radical (unpaired) electrons. The number of nitrogens with one attached hydrogen (secondary N) is 1. The Balaban J connectivity index is 2.39. The van der Waals surface area contributed by atoms with E-state index in [4.69, 9.17) is 5.26 Å². The van der Waals surface area contributed by atoms with Crippen molar-refractivity contribution in [1.82, 2.24) is 0 Å². The van der Waals surface area contributed by atoms with Crippen LogP contribution in [0.15, 0.2) is 28.7 Å². The summed E-state index contributed by atoms with van der Waals surface area (Å²) in [5, 5.41) is 20.6. The largest absolute Gasteiger partial charge is 0.390 e. The van der Waals surface area contributed by atoms with E-state index in [0.717, 1.165) is 10.2 Å². The fraction of sp³-hybridized carbons (Fsp3) is 0.300. The molecule has 3 nitrogen and oxygen atoms in total. The molecule has 0 bridgehead atoms. The van der Waals surface area contributed by atoms with Gasteiger partial charge in [0.15, 0.2) is 0 Å². The Morgan fingerprint density at radius 3 is 2.64 bits per heavy atom. The van der Waals surface area contributed by atoms with E-state index in [-0.39, 0.29) is 6.42 Å². The van der Waals surface area contributed by atoms with Crippen molar-refractivity contribution < 1.29 is 5.11 Å². The van der Waals surface area contributed by atoms with Crippen molar-refractivity contribution in [2.75, 3.05) is 11.9 Å². The molecule has 4 heteroatoms. The minimum Gasteiger partial charge on any atom is -0.390 e. The van der Waals surface area contributed by atoms with Crippen molar-refractivity contribution in [2.45, 2.75) is 12.5 Å². The lowest BCUT2D eigenvalue weighted by Crippen LogP contribution is -2.18. The van der Waals surface area contributed by atoms with Crippen LogP contribution < -0.4 is 5.32 Å². The molecule has 14 heavy (non-hydrogen) atoms. The van der Waals surface area contributed by atoms with Gasteiger partial charge in [-0.1, -0.05) is 15.9 Å². The van der Waals surface area contributed by atoms with Crippen LogP contribution >= 0.6 is 15.9 Å². The number of aliphatic hydroxyl groups excluding tert-OH is 1. The molecule has 1 aromatic carbocycles. The monoisotopic (exact) mass is 254 g/mol. The average Bonchev–Trinajstić information content (AvgIpc) is 2.17. The SMILES string of the molecule is N#CCC(O)CNc1ccc(Br)cc1. The maximum atomic E-state index is 9.27. The summed E-state index contributed by atoms with van der Waals surface area (Å²) in [6.07, 6.45) is -0.451. The minimum atomic E-state index is -0.608. The first-order valence-corrected chi connectivity index (χ1v) is 5.06. The van der Waals surface area contributed by atoms with Crippen LogP contribution in [0.4, 0.5) is 5.69 Å². The third kappa shape index (κ3) is 3.77. The van der Waals surface area contributed by atoms with Gasteiger partial charge in [0, 0.05) is 16.7 Å². The molecular formula is C10H11BrN2O. The molecule has 0 saturated carbocycles. The minimum absolute atomic E-state index is 0.156. The Morgan fingerprint density at radius 2 is 2.07 bits per heavy atom. The molecule has 1 unspecified atom stereocenters. The molecule has 0 aromatic heterocycles. The molecular weight excluding hydrogens is 244 g/mol. The van der Waals surface area contributed by atoms with Gasteiger partial charge in [-0.25, -0.2) is 0 Å². The fourth-order valence-corrected chi connectivity index (χ4v) is 1.25. The lowest BCUT2D eigenvalue weighted by Gasteiger charge is -2.09. The summed E-state index contributed by atoms with van der Waals surface area (Å²) in [5.41, 5.74) is 0.935. The molecule has 0 aliphatic carbocycles. The Labute approximate surface area is 91.5 Å². The molecule has 1 rings (SSSR count). The number of halogens is 1. The summed E-state index contributed by atoms with van der Waals surface area (Å²) >= 11 is 3.33. The molecule has 0 heterocycles. The summed E-state index contributed by atoms with van der Waals surface area (Å²) in [4.78, 5) is 0. The number of nitriles is 1. The summed E-state index contributed by atoms with van der Waals surface area (Å²) in [6.45, 7) is 0.398. The van der Waals surface area contributed by atoms with Crippen molar-refractivity contribution in [3.05, 3.63) is 28.7 Å². The maximum absolute atomic E-state index is 9.27. The van der Waals surface area contributed by atoms with E-state index in [0.29, 0.717) is 6.54 Å². The lowest BCUT2D eigenvalue weighted by molar-refractivity contribution is 0.193. The summed E-state index contributed by atoms with van der Waals surface area (Å²) in [7, 11) is 0. The lowest BCUT2D eigenvalue weighted by atomic mass is 10.2. The van der Waals surface area contributed by atoms with Crippen LogP contribution in [0.2, 0.25) is 0 Å². The van der Waals surface area contributed by atoms with Gasteiger partial charge >= 0.3 is 0 Å². The number of benzene rings is 1. The number of nitrogens with zero attached hydrogens (tertiary/aromatic N) is 1. The average molecular weight is 255 g/mol. The summed E-state index contributed by atoms with van der Waals surface area (Å²) < 4.78 is 1.01. The number of rotatable bonds is 4. The van der Waals surface area contributed by atoms with Crippen LogP contribution in [0, 0.1) is 11.3 Å². The second-order valence-electron chi connectivity index (χ2n) is 2.90. The summed E-state index contributed by atoms with van der Waals surface area (Å²) in [6, 6.07) is 9.56. The predicted octanol–water partition coefficient (Wildman–Crippen LogP) is 2.14.